The van der Waals surface area contributed by atoms with Gasteiger partial charge in [-0.05, 0) is 37.6 Å². The van der Waals surface area contributed by atoms with E-state index in [-0.39, 0.29) is 23.4 Å². The lowest BCUT2D eigenvalue weighted by atomic mass is 10.0. The van der Waals surface area contributed by atoms with Gasteiger partial charge in [-0.15, -0.1) is 11.3 Å². The van der Waals surface area contributed by atoms with Crippen molar-refractivity contribution in [2.75, 3.05) is 10.2 Å². The molecule has 0 atom stereocenters. The Morgan fingerprint density at radius 3 is 2.52 bits per heavy atom. The SMILES string of the molecule is CC(C)C(=O)Nc1cc(CN2C(=O)N(c3cc(C(F)(F)F)cs3)C(=O)C2(C)C)ccn1. The van der Waals surface area contributed by atoms with Gasteiger partial charge in [-0.1, -0.05) is 13.8 Å². The maximum Gasteiger partial charge on any atom is 0.417 e. The van der Waals surface area contributed by atoms with Gasteiger partial charge < -0.3 is 10.2 Å². The number of carbonyl (C=O) groups excluding carboxylic acids is 3. The molecule has 166 valence electrons. The highest BCUT2D eigenvalue weighted by Gasteiger charge is 2.52. The molecular formula is C20H21F3N4O3S. The number of imide groups is 1. The van der Waals surface area contributed by atoms with E-state index in [0.717, 1.165) is 16.3 Å². The van der Waals surface area contributed by atoms with Crippen molar-refractivity contribution in [3.05, 3.63) is 40.9 Å². The molecule has 0 saturated carbocycles. The molecule has 11 heteroatoms. The summed E-state index contributed by atoms with van der Waals surface area (Å²) in [7, 11) is 0. The molecule has 0 unspecified atom stereocenters. The molecule has 3 heterocycles. The standard InChI is InChI=1S/C20H21F3N4O3S/c1-11(2)16(28)25-14-7-12(5-6-24-14)9-26-18(30)27(17(29)19(26,3)4)15-8-13(10-31-15)20(21,22)23/h5-8,10-11H,9H2,1-4H3,(H,24,25,28). The monoisotopic (exact) mass is 454 g/mol. The number of alkyl halides is 3. The van der Waals surface area contributed by atoms with Crippen LogP contribution in [0.4, 0.5) is 28.8 Å². The van der Waals surface area contributed by atoms with Gasteiger partial charge in [0, 0.05) is 24.0 Å². The first-order chi connectivity index (χ1) is 14.3. The second-order valence-corrected chi connectivity index (χ2v) is 8.82. The molecule has 2 aromatic heterocycles. The van der Waals surface area contributed by atoms with Crippen molar-refractivity contribution in [2.24, 2.45) is 5.92 Å². The Morgan fingerprint density at radius 1 is 1.26 bits per heavy atom. The number of nitrogens with one attached hydrogen (secondary N) is 1. The van der Waals surface area contributed by atoms with Crippen LogP contribution in [0.25, 0.3) is 0 Å². The first-order valence-corrected chi connectivity index (χ1v) is 10.3. The fraction of sp³-hybridized carbons (Fsp3) is 0.400. The van der Waals surface area contributed by atoms with Crippen molar-refractivity contribution in [1.29, 1.82) is 0 Å². The van der Waals surface area contributed by atoms with Gasteiger partial charge in [0.05, 0.1) is 5.56 Å². The highest BCUT2D eigenvalue weighted by Crippen LogP contribution is 2.40. The van der Waals surface area contributed by atoms with Crippen LogP contribution in [0.5, 0.6) is 0 Å². The van der Waals surface area contributed by atoms with Gasteiger partial charge in [0.2, 0.25) is 5.91 Å². The topological polar surface area (TPSA) is 82.6 Å². The predicted octanol–water partition coefficient (Wildman–Crippen LogP) is 4.50. The Kier molecular flexibility index (Phi) is 5.83. The van der Waals surface area contributed by atoms with E-state index in [1.165, 1.54) is 24.9 Å². The summed E-state index contributed by atoms with van der Waals surface area (Å²) < 4.78 is 38.8. The lowest BCUT2D eigenvalue weighted by Gasteiger charge is -2.27. The molecule has 1 fully saturated rings. The van der Waals surface area contributed by atoms with Crippen molar-refractivity contribution >= 4 is 40.0 Å². The third-order valence-corrected chi connectivity index (χ3v) is 5.81. The molecule has 1 aliphatic heterocycles. The van der Waals surface area contributed by atoms with Crippen LogP contribution in [-0.4, -0.2) is 33.3 Å². The first-order valence-electron chi connectivity index (χ1n) is 9.40. The minimum absolute atomic E-state index is 0.0125. The zero-order valence-corrected chi connectivity index (χ0v) is 18.1. The number of rotatable bonds is 5. The number of anilines is 2. The summed E-state index contributed by atoms with van der Waals surface area (Å²) in [6, 6.07) is 3.31. The Bertz CT molecular complexity index is 1030. The number of urea groups is 1. The number of pyridine rings is 1. The minimum atomic E-state index is -4.57. The number of hydrogen-bond acceptors (Lipinski definition) is 5. The highest BCUT2D eigenvalue weighted by atomic mass is 32.1. The summed E-state index contributed by atoms with van der Waals surface area (Å²) >= 11 is 0.682. The van der Waals surface area contributed by atoms with E-state index in [9.17, 15) is 27.6 Å². The maximum atomic E-state index is 13.0. The van der Waals surface area contributed by atoms with Crippen molar-refractivity contribution in [2.45, 2.75) is 46.0 Å². The van der Waals surface area contributed by atoms with E-state index in [1.807, 2.05) is 0 Å². The number of halogens is 3. The Hall–Kier alpha value is -2.95. The van der Waals surface area contributed by atoms with Gasteiger partial charge in [-0.2, -0.15) is 13.2 Å². The summed E-state index contributed by atoms with van der Waals surface area (Å²) in [6.07, 6.45) is -3.10. The van der Waals surface area contributed by atoms with Crippen LogP contribution in [0, 0.1) is 5.92 Å². The molecule has 4 amide bonds. The van der Waals surface area contributed by atoms with Crippen molar-refractivity contribution in [3.8, 4) is 0 Å². The molecule has 1 aliphatic rings. The van der Waals surface area contributed by atoms with Crippen LogP contribution in [0.15, 0.2) is 29.8 Å². The summed E-state index contributed by atoms with van der Waals surface area (Å²) in [6.45, 7) is 6.56. The maximum absolute atomic E-state index is 13.0. The molecule has 1 N–H and O–H groups in total. The van der Waals surface area contributed by atoms with Crippen LogP contribution in [0.1, 0.15) is 38.8 Å². The Balaban J connectivity index is 1.86. The van der Waals surface area contributed by atoms with Crippen LogP contribution in [0.2, 0.25) is 0 Å². The minimum Gasteiger partial charge on any atom is -0.310 e. The number of amides is 4. The number of thiophene rings is 1. The predicted molar refractivity (Wildman–Crippen MR) is 110 cm³/mol. The summed E-state index contributed by atoms with van der Waals surface area (Å²) in [5.41, 5.74) is -1.58. The average Bonchev–Trinajstić information content (AvgIpc) is 3.21. The van der Waals surface area contributed by atoms with Crippen LogP contribution in [-0.2, 0) is 22.3 Å². The van der Waals surface area contributed by atoms with Gasteiger partial charge in [0.25, 0.3) is 5.91 Å². The van der Waals surface area contributed by atoms with Crippen LogP contribution in [0.3, 0.4) is 0 Å². The largest absolute Gasteiger partial charge is 0.417 e. The van der Waals surface area contributed by atoms with Gasteiger partial charge >= 0.3 is 12.2 Å². The third-order valence-electron chi connectivity index (χ3n) is 4.90. The Morgan fingerprint density at radius 2 is 1.94 bits per heavy atom. The lowest BCUT2D eigenvalue weighted by Crippen LogP contribution is -2.43. The van der Waals surface area contributed by atoms with Crippen molar-refractivity contribution in [3.63, 3.8) is 0 Å². The highest BCUT2D eigenvalue weighted by molar-refractivity contribution is 7.14. The zero-order chi connectivity index (χ0) is 23.1. The summed E-state index contributed by atoms with van der Waals surface area (Å²) in [5.74, 6) is -0.780. The molecule has 31 heavy (non-hydrogen) atoms. The molecule has 0 aromatic carbocycles. The van der Waals surface area contributed by atoms with Gasteiger partial charge in [0.15, 0.2) is 0 Å². The van der Waals surface area contributed by atoms with Crippen molar-refractivity contribution < 1.29 is 27.6 Å². The van der Waals surface area contributed by atoms with Gasteiger partial charge in [-0.25, -0.2) is 14.7 Å². The molecular weight excluding hydrogens is 433 g/mol. The molecule has 2 aromatic rings. The summed E-state index contributed by atoms with van der Waals surface area (Å²) in [4.78, 5) is 44.0. The zero-order valence-electron chi connectivity index (χ0n) is 17.3. The smallest absolute Gasteiger partial charge is 0.310 e. The second kappa shape index (κ2) is 7.95. The van der Waals surface area contributed by atoms with Gasteiger partial charge in [-0.3, -0.25) is 9.59 Å². The van der Waals surface area contributed by atoms with Gasteiger partial charge in [0.1, 0.15) is 16.4 Å². The quantitative estimate of drug-likeness (QED) is 0.675. The molecule has 0 bridgehead atoms. The van der Waals surface area contributed by atoms with E-state index in [2.05, 4.69) is 10.3 Å². The van der Waals surface area contributed by atoms with Crippen LogP contribution < -0.4 is 10.2 Å². The normalized spacial score (nSPS) is 16.4. The van der Waals surface area contributed by atoms with Crippen molar-refractivity contribution in [1.82, 2.24) is 9.88 Å². The fourth-order valence-corrected chi connectivity index (χ4v) is 3.89. The summed E-state index contributed by atoms with van der Waals surface area (Å²) in [5, 5.41) is 3.45. The van der Waals surface area contributed by atoms with E-state index >= 15 is 0 Å². The lowest BCUT2D eigenvalue weighted by molar-refractivity contribution is -0.137. The third kappa shape index (κ3) is 4.41. The fourth-order valence-electron chi connectivity index (χ4n) is 2.98. The molecule has 1 saturated heterocycles. The van der Waals surface area contributed by atoms with E-state index in [1.54, 1.807) is 26.0 Å². The average molecular weight is 454 g/mol. The first kappa shape index (κ1) is 22.7. The van der Waals surface area contributed by atoms with E-state index in [4.69, 9.17) is 0 Å². The number of carbonyl (C=O) groups is 3. The van der Waals surface area contributed by atoms with E-state index < -0.39 is 29.2 Å². The number of hydrogen-bond donors (Lipinski definition) is 1. The molecule has 0 radical (unpaired) electrons. The number of aromatic nitrogens is 1. The number of nitrogens with zero attached hydrogens (tertiary/aromatic N) is 3. The van der Waals surface area contributed by atoms with Crippen LogP contribution >= 0.6 is 11.3 Å². The molecule has 7 nitrogen and oxygen atoms in total. The Labute approximate surface area is 180 Å². The second-order valence-electron chi connectivity index (χ2n) is 7.93. The van der Waals surface area contributed by atoms with E-state index in [0.29, 0.717) is 22.7 Å². The molecule has 0 spiro atoms. The molecule has 3 rings (SSSR count). The molecule has 0 aliphatic carbocycles.